The van der Waals surface area contributed by atoms with E-state index in [1.807, 2.05) is 0 Å². The van der Waals surface area contributed by atoms with Crippen LogP contribution in [-0.2, 0) is 10.5 Å². The van der Waals surface area contributed by atoms with Crippen LogP contribution in [0.2, 0.25) is 10.0 Å². The van der Waals surface area contributed by atoms with E-state index in [1.165, 1.54) is 19.2 Å². The zero-order chi connectivity index (χ0) is 23.9. The molecular formula is C23H18BrCl2N3O4. The first-order valence-electron chi connectivity index (χ1n) is 9.69. The van der Waals surface area contributed by atoms with Gasteiger partial charge in [0.1, 0.15) is 11.7 Å². The smallest absolute Gasteiger partial charge is 0.335 e. The van der Waals surface area contributed by atoms with E-state index >= 15 is 0 Å². The number of nitrogens with one attached hydrogen (secondary N) is 2. The SMILES string of the molecule is COc1ccc(C(C(N)=O)C2(c3c(Cl)cccc3Cl)Nc3ccc(C(=O)O)cc3N2)cc1Br. The average molecular weight is 551 g/mol. The third-order valence-corrected chi connectivity index (χ3v) is 6.76. The van der Waals surface area contributed by atoms with E-state index in [0.29, 0.717) is 42.8 Å². The minimum atomic E-state index is -1.41. The zero-order valence-electron chi connectivity index (χ0n) is 17.2. The van der Waals surface area contributed by atoms with Crippen LogP contribution in [0.4, 0.5) is 11.4 Å². The van der Waals surface area contributed by atoms with Crippen LogP contribution in [0.25, 0.3) is 0 Å². The summed E-state index contributed by atoms with van der Waals surface area (Å²) < 4.78 is 5.93. The number of carboxylic acid groups (broad SMARTS) is 1. The Kier molecular flexibility index (Phi) is 6.18. The summed E-state index contributed by atoms with van der Waals surface area (Å²) in [6.07, 6.45) is 0. The Labute approximate surface area is 208 Å². The molecule has 0 spiro atoms. The number of halogens is 3. The summed E-state index contributed by atoms with van der Waals surface area (Å²) in [5.41, 5.74) is 6.61. The van der Waals surface area contributed by atoms with Crippen LogP contribution < -0.4 is 21.1 Å². The predicted molar refractivity (Wildman–Crippen MR) is 131 cm³/mol. The van der Waals surface area contributed by atoms with Gasteiger partial charge in [-0.25, -0.2) is 4.79 Å². The maximum absolute atomic E-state index is 13.0. The normalized spacial score (nSPS) is 17.5. The van der Waals surface area contributed by atoms with Crippen LogP contribution in [0.1, 0.15) is 27.4 Å². The standard InChI is InChI=1S/C23H18BrCl2N3O4/c1-33-18-8-6-11(9-13(18)24)19(21(27)30)23(20-14(25)3-2-4-15(20)26)28-16-7-5-12(22(31)32)10-17(16)29-23/h2-10,19,28-29H,1H3,(H2,27,30)(H,31,32). The van der Waals surface area contributed by atoms with Crippen molar-refractivity contribution >= 4 is 62.4 Å². The molecule has 0 aromatic heterocycles. The number of anilines is 2. The topological polar surface area (TPSA) is 114 Å². The summed E-state index contributed by atoms with van der Waals surface area (Å²) in [6.45, 7) is 0. The molecule has 5 N–H and O–H groups in total. The molecule has 7 nitrogen and oxygen atoms in total. The number of carbonyl (C=O) groups is 2. The average Bonchev–Trinajstić information content (AvgIpc) is 3.12. The van der Waals surface area contributed by atoms with Gasteiger partial charge in [0.2, 0.25) is 5.91 Å². The number of fused-ring (bicyclic) bond motifs is 1. The number of methoxy groups -OCH3 is 1. The summed E-state index contributed by atoms with van der Waals surface area (Å²) in [6, 6.07) is 14.7. The highest BCUT2D eigenvalue weighted by Gasteiger charge is 2.51. The van der Waals surface area contributed by atoms with Crippen LogP contribution in [0, 0.1) is 0 Å². The summed E-state index contributed by atoms with van der Waals surface area (Å²) in [5, 5.41) is 16.6. The van der Waals surface area contributed by atoms with Crippen molar-refractivity contribution in [3.8, 4) is 5.75 Å². The number of hydrogen-bond acceptors (Lipinski definition) is 5. The summed E-state index contributed by atoms with van der Waals surface area (Å²) in [7, 11) is 1.53. The highest BCUT2D eigenvalue weighted by molar-refractivity contribution is 9.10. The van der Waals surface area contributed by atoms with Crippen molar-refractivity contribution in [2.45, 2.75) is 11.6 Å². The van der Waals surface area contributed by atoms with Crippen molar-refractivity contribution in [1.82, 2.24) is 0 Å². The lowest BCUT2D eigenvalue weighted by atomic mass is 9.80. The Balaban J connectivity index is 1.97. The largest absolute Gasteiger partial charge is 0.496 e. The van der Waals surface area contributed by atoms with Crippen molar-refractivity contribution in [2.75, 3.05) is 17.7 Å². The molecule has 33 heavy (non-hydrogen) atoms. The Bertz CT molecular complexity index is 1270. The van der Waals surface area contributed by atoms with Gasteiger partial charge < -0.3 is 26.2 Å². The molecule has 0 saturated carbocycles. The molecule has 2 atom stereocenters. The van der Waals surface area contributed by atoms with E-state index in [2.05, 4.69) is 26.6 Å². The van der Waals surface area contributed by atoms with Gasteiger partial charge in [-0.3, -0.25) is 4.79 Å². The Hall–Kier alpha value is -2.94. The number of ether oxygens (including phenoxy) is 1. The maximum atomic E-state index is 13.0. The fraction of sp³-hybridized carbons (Fsp3) is 0.130. The Morgan fingerprint density at radius 3 is 2.30 bits per heavy atom. The summed E-state index contributed by atoms with van der Waals surface area (Å²) in [4.78, 5) is 24.5. The number of nitrogens with two attached hydrogens (primary N) is 1. The number of amides is 1. The van der Waals surface area contributed by atoms with Crippen LogP contribution in [-0.4, -0.2) is 24.1 Å². The number of rotatable bonds is 6. The fourth-order valence-corrected chi connectivity index (χ4v) is 5.38. The van der Waals surface area contributed by atoms with E-state index < -0.39 is 23.5 Å². The molecule has 3 aromatic carbocycles. The molecule has 2 unspecified atom stereocenters. The van der Waals surface area contributed by atoms with E-state index in [9.17, 15) is 14.7 Å². The first-order chi connectivity index (χ1) is 15.7. The molecule has 0 aliphatic carbocycles. The first-order valence-corrected chi connectivity index (χ1v) is 11.2. The monoisotopic (exact) mass is 549 g/mol. The molecular weight excluding hydrogens is 533 g/mol. The number of aromatic carboxylic acids is 1. The molecule has 1 heterocycles. The van der Waals surface area contributed by atoms with Gasteiger partial charge in [0.25, 0.3) is 0 Å². The number of carbonyl (C=O) groups excluding carboxylic acids is 1. The quantitative estimate of drug-likeness (QED) is 0.326. The van der Waals surface area contributed by atoms with Gasteiger partial charge in [0.05, 0.1) is 28.5 Å². The second-order valence-corrected chi connectivity index (χ2v) is 9.12. The number of benzene rings is 3. The van der Waals surface area contributed by atoms with Crippen LogP contribution in [0.5, 0.6) is 5.75 Å². The lowest BCUT2D eigenvalue weighted by Crippen LogP contribution is -2.50. The van der Waals surface area contributed by atoms with Gasteiger partial charge in [0.15, 0.2) is 5.66 Å². The Morgan fingerprint density at radius 1 is 1.06 bits per heavy atom. The highest BCUT2D eigenvalue weighted by Crippen LogP contribution is 2.51. The zero-order valence-corrected chi connectivity index (χ0v) is 20.3. The molecule has 0 fully saturated rings. The van der Waals surface area contributed by atoms with Gasteiger partial charge in [-0.15, -0.1) is 0 Å². The van der Waals surface area contributed by atoms with E-state index in [1.54, 1.807) is 42.5 Å². The van der Waals surface area contributed by atoms with Gasteiger partial charge in [-0.1, -0.05) is 35.3 Å². The van der Waals surface area contributed by atoms with Crippen LogP contribution in [0.3, 0.4) is 0 Å². The molecule has 0 radical (unpaired) electrons. The number of primary amides is 1. The molecule has 1 aliphatic rings. The molecule has 10 heteroatoms. The third kappa shape index (κ3) is 3.99. The highest BCUT2D eigenvalue weighted by atomic mass is 79.9. The van der Waals surface area contributed by atoms with Crippen LogP contribution >= 0.6 is 39.1 Å². The number of carboxylic acids is 1. The molecule has 170 valence electrons. The molecule has 1 aliphatic heterocycles. The van der Waals surface area contributed by atoms with Crippen LogP contribution in [0.15, 0.2) is 59.1 Å². The molecule has 0 bridgehead atoms. The molecule has 1 amide bonds. The molecule has 3 aromatic rings. The molecule has 4 rings (SSSR count). The second kappa shape index (κ2) is 8.78. The van der Waals surface area contributed by atoms with Gasteiger partial charge in [-0.05, 0) is 64.0 Å². The van der Waals surface area contributed by atoms with E-state index in [4.69, 9.17) is 33.7 Å². The van der Waals surface area contributed by atoms with E-state index in [0.717, 1.165) is 0 Å². The minimum Gasteiger partial charge on any atom is -0.496 e. The molecule has 0 saturated heterocycles. The predicted octanol–water partition coefficient (Wildman–Crippen LogP) is 5.42. The summed E-state index contributed by atoms with van der Waals surface area (Å²) in [5.74, 6) is -2.18. The van der Waals surface area contributed by atoms with Crippen molar-refractivity contribution in [2.24, 2.45) is 5.73 Å². The second-order valence-electron chi connectivity index (χ2n) is 7.45. The van der Waals surface area contributed by atoms with Crippen molar-refractivity contribution in [3.05, 3.63) is 85.8 Å². The summed E-state index contributed by atoms with van der Waals surface area (Å²) >= 11 is 16.7. The minimum absolute atomic E-state index is 0.0759. The van der Waals surface area contributed by atoms with Crippen molar-refractivity contribution < 1.29 is 19.4 Å². The first kappa shape index (κ1) is 23.2. The lowest BCUT2D eigenvalue weighted by molar-refractivity contribution is -0.120. The van der Waals surface area contributed by atoms with Crippen molar-refractivity contribution in [3.63, 3.8) is 0 Å². The Morgan fingerprint density at radius 2 is 1.73 bits per heavy atom. The van der Waals surface area contributed by atoms with Gasteiger partial charge in [-0.2, -0.15) is 0 Å². The van der Waals surface area contributed by atoms with Gasteiger partial charge >= 0.3 is 5.97 Å². The fourth-order valence-electron chi connectivity index (χ4n) is 4.12. The lowest BCUT2D eigenvalue weighted by Gasteiger charge is -2.39. The van der Waals surface area contributed by atoms with E-state index in [-0.39, 0.29) is 5.56 Å². The maximum Gasteiger partial charge on any atom is 0.335 e. The number of hydrogen-bond donors (Lipinski definition) is 4. The third-order valence-electron chi connectivity index (χ3n) is 5.51. The van der Waals surface area contributed by atoms with Gasteiger partial charge in [0, 0.05) is 15.6 Å². The van der Waals surface area contributed by atoms with Crippen molar-refractivity contribution in [1.29, 1.82) is 0 Å².